The average Bonchev–Trinajstić information content (AvgIpc) is 2.44. The zero-order valence-electron chi connectivity index (χ0n) is 13.4. The molecule has 0 aromatic heterocycles. The number of benzene rings is 1. The lowest BCUT2D eigenvalue weighted by Crippen LogP contribution is -2.50. The maximum absolute atomic E-state index is 12.1. The fraction of sp³-hybridized carbons (Fsp3) is 0.588. The SMILES string of the molecule is CCc1ccccc1CNC(C)C(=O)NC(C)(C)CC. The van der Waals surface area contributed by atoms with Crippen molar-refractivity contribution in [1.29, 1.82) is 0 Å². The van der Waals surface area contributed by atoms with E-state index in [1.54, 1.807) is 0 Å². The van der Waals surface area contributed by atoms with Crippen LogP contribution < -0.4 is 10.6 Å². The molecule has 0 saturated carbocycles. The Morgan fingerprint density at radius 2 is 1.80 bits per heavy atom. The van der Waals surface area contributed by atoms with Gasteiger partial charge in [-0.2, -0.15) is 0 Å². The number of aryl methyl sites for hydroxylation is 1. The Morgan fingerprint density at radius 1 is 1.20 bits per heavy atom. The summed E-state index contributed by atoms with van der Waals surface area (Å²) in [6, 6.07) is 8.17. The zero-order chi connectivity index (χ0) is 15.2. The molecular formula is C17H28N2O. The van der Waals surface area contributed by atoms with Gasteiger partial charge in [0.25, 0.3) is 0 Å². The Balaban J connectivity index is 2.54. The summed E-state index contributed by atoms with van der Waals surface area (Å²) >= 11 is 0. The van der Waals surface area contributed by atoms with Gasteiger partial charge in [0.1, 0.15) is 0 Å². The molecule has 1 unspecified atom stereocenters. The Kier molecular flexibility index (Phi) is 6.21. The third-order valence-corrected chi connectivity index (χ3v) is 3.84. The minimum atomic E-state index is -0.189. The van der Waals surface area contributed by atoms with Crippen molar-refractivity contribution < 1.29 is 4.79 Å². The fourth-order valence-corrected chi connectivity index (χ4v) is 1.96. The molecule has 0 saturated heterocycles. The second-order valence-electron chi connectivity index (χ2n) is 5.95. The van der Waals surface area contributed by atoms with E-state index in [4.69, 9.17) is 0 Å². The lowest BCUT2D eigenvalue weighted by molar-refractivity contribution is -0.124. The molecule has 0 bridgehead atoms. The normalized spacial score (nSPS) is 13.1. The highest BCUT2D eigenvalue weighted by atomic mass is 16.2. The second kappa shape index (κ2) is 7.44. The molecule has 0 aliphatic carbocycles. The number of nitrogens with one attached hydrogen (secondary N) is 2. The van der Waals surface area contributed by atoms with Gasteiger partial charge in [-0.3, -0.25) is 4.79 Å². The summed E-state index contributed by atoms with van der Waals surface area (Å²) in [5.41, 5.74) is 2.46. The lowest BCUT2D eigenvalue weighted by Gasteiger charge is -2.27. The molecule has 0 fully saturated rings. The van der Waals surface area contributed by atoms with Crippen molar-refractivity contribution in [3.8, 4) is 0 Å². The molecular weight excluding hydrogens is 248 g/mol. The first-order valence-electron chi connectivity index (χ1n) is 7.51. The van der Waals surface area contributed by atoms with Crippen LogP contribution in [0.15, 0.2) is 24.3 Å². The van der Waals surface area contributed by atoms with Crippen LogP contribution in [0.1, 0.15) is 52.2 Å². The smallest absolute Gasteiger partial charge is 0.237 e. The van der Waals surface area contributed by atoms with Gasteiger partial charge in [0, 0.05) is 12.1 Å². The van der Waals surface area contributed by atoms with Crippen LogP contribution in [0.2, 0.25) is 0 Å². The van der Waals surface area contributed by atoms with Gasteiger partial charge in [-0.15, -0.1) is 0 Å². The van der Waals surface area contributed by atoms with Crippen LogP contribution in [0.25, 0.3) is 0 Å². The van der Waals surface area contributed by atoms with Gasteiger partial charge in [-0.05, 0) is 44.7 Å². The molecule has 112 valence electrons. The number of hydrogen-bond donors (Lipinski definition) is 2. The van der Waals surface area contributed by atoms with Gasteiger partial charge in [-0.1, -0.05) is 38.1 Å². The summed E-state index contributed by atoms with van der Waals surface area (Å²) in [4.78, 5) is 12.1. The van der Waals surface area contributed by atoms with Crippen LogP contribution in [-0.2, 0) is 17.8 Å². The first kappa shape index (κ1) is 16.7. The minimum absolute atomic E-state index is 0.0610. The van der Waals surface area contributed by atoms with E-state index in [0.29, 0.717) is 0 Å². The maximum Gasteiger partial charge on any atom is 0.237 e. The fourth-order valence-electron chi connectivity index (χ4n) is 1.96. The molecule has 0 heterocycles. The highest BCUT2D eigenvalue weighted by Crippen LogP contribution is 2.10. The molecule has 2 N–H and O–H groups in total. The van der Waals surface area contributed by atoms with E-state index < -0.39 is 0 Å². The molecule has 0 radical (unpaired) electrons. The molecule has 0 spiro atoms. The van der Waals surface area contributed by atoms with Gasteiger partial charge in [0.2, 0.25) is 5.91 Å². The number of amides is 1. The molecule has 1 aromatic carbocycles. The molecule has 1 rings (SSSR count). The molecule has 3 heteroatoms. The summed E-state index contributed by atoms with van der Waals surface area (Å²) in [5, 5.41) is 6.38. The van der Waals surface area contributed by atoms with Crippen molar-refractivity contribution in [2.24, 2.45) is 0 Å². The van der Waals surface area contributed by atoms with Crippen molar-refractivity contribution >= 4 is 5.91 Å². The average molecular weight is 276 g/mol. The van der Waals surface area contributed by atoms with Crippen LogP contribution >= 0.6 is 0 Å². The summed E-state index contributed by atoms with van der Waals surface area (Å²) in [7, 11) is 0. The molecule has 1 atom stereocenters. The number of rotatable bonds is 7. The quantitative estimate of drug-likeness (QED) is 0.803. The molecule has 1 aromatic rings. The molecule has 3 nitrogen and oxygen atoms in total. The van der Waals surface area contributed by atoms with Crippen molar-refractivity contribution in [3.63, 3.8) is 0 Å². The van der Waals surface area contributed by atoms with E-state index in [1.165, 1.54) is 11.1 Å². The van der Waals surface area contributed by atoms with E-state index >= 15 is 0 Å². The molecule has 20 heavy (non-hydrogen) atoms. The monoisotopic (exact) mass is 276 g/mol. The Bertz CT molecular complexity index is 440. The lowest BCUT2D eigenvalue weighted by atomic mass is 10.0. The van der Waals surface area contributed by atoms with E-state index in [9.17, 15) is 4.79 Å². The summed E-state index contributed by atoms with van der Waals surface area (Å²) in [6.07, 6.45) is 1.94. The van der Waals surface area contributed by atoms with Gasteiger partial charge in [0.15, 0.2) is 0 Å². The van der Waals surface area contributed by atoms with Crippen LogP contribution in [0.4, 0.5) is 0 Å². The Morgan fingerprint density at radius 3 is 2.35 bits per heavy atom. The predicted molar refractivity (Wildman–Crippen MR) is 84.6 cm³/mol. The summed E-state index contributed by atoms with van der Waals surface area (Å²) in [6.45, 7) is 11.0. The van der Waals surface area contributed by atoms with Gasteiger partial charge in [0.05, 0.1) is 6.04 Å². The third kappa shape index (κ3) is 4.97. The zero-order valence-corrected chi connectivity index (χ0v) is 13.4. The third-order valence-electron chi connectivity index (χ3n) is 3.84. The minimum Gasteiger partial charge on any atom is -0.350 e. The Hall–Kier alpha value is -1.35. The first-order valence-corrected chi connectivity index (χ1v) is 7.51. The highest BCUT2D eigenvalue weighted by Gasteiger charge is 2.21. The van der Waals surface area contributed by atoms with Crippen LogP contribution in [0, 0.1) is 0 Å². The number of carbonyl (C=O) groups excluding carboxylic acids is 1. The maximum atomic E-state index is 12.1. The van der Waals surface area contributed by atoms with E-state index in [-0.39, 0.29) is 17.5 Å². The van der Waals surface area contributed by atoms with E-state index in [0.717, 1.165) is 19.4 Å². The standard InChI is InChI=1S/C17H28N2O/c1-6-14-10-8-9-11-15(14)12-18-13(3)16(20)19-17(4,5)7-2/h8-11,13,18H,6-7,12H2,1-5H3,(H,19,20). The molecule has 0 aliphatic heterocycles. The van der Waals surface area contributed by atoms with Crippen LogP contribution in [0.3, 0.4) is 0 Å². The summed E-state index contributed by atoms with van der Waals surface area (Å²) in [5.74, 6) is 0.0610. The highest BCUT2D eigenvalue weighted by molar-refractivity contribution is 5.81. The van der Waals surface area contributed by atoms with Gasteiger partial charge < -0.3 is 10.6 Å². The van der Waals surface area contributed by atoms with Crippen LogP contribution in [0.5, 0.6) is 0 Å². The van der Waals surface area contributed by atoms with Crippen molar-refractivity contribution in [2.45, 2.75) is 65.6 Å². The topological polar surface area (TPSA) is 41.1 Å². The molecule has 1 amide bonds. The van der Waals surface area contributed by atoms with Crippen molar-refractivity contribution in [1.82, 2.24) is 10.6 Å². The van der Waals surface area contributed by atoms with Crippen molar-refractivity contribution in [2.75, 3.05) is 0 Å². The van der Waals surface area contributed by atoms with E-state index in [2.05, 4.69) is 42.7 Å². The number of hydrogen-bond acceptors (Lipinski definition) is 2. The summed E-state index contributed by atoms with van der Waals surface area (Å²) < 4.78 is 0. The second-order valence-corrected chi connectivity index (χ2v) is 5.95. The van der Waals surface area contributed by atoms with Crippen molar-refractivity contribution in [3.05, 3.63) is 35.4 Å². The van der Waals surface area contributed by atoms with E-state index in [1.807, 2.05) is 26.8 Å². The van der Waals surface area contributed by atoms with Gasteiger partial charge >= 0.3 is 0 Å². The molecule has 0 aliphatic rings. The van der Waals surface area contributed by atoms with Gasteiger partial charge in [-0.25, -0.2) is 0 Å². The van der Waals surface area contributed by atoms with Crippen LogP contribution in [-0.4, -0.2) is 17.5 Å². The number of carbonyl (C=O) groups is 1. The predicted octanol–water partition coefficient (Wildman–Crippen LogP) is 3.03. The first-order chi connectivity index (χ1) is 9.39. The largest absolute Gasteiger partial charge is 0.350 e. The Labute approximate surface area is 123 Å².